The third-order valence-corrected chi connectivity index (χ3v) is 3.20. The number of hydrogen-bond donors (Lipinski definition) is 1. The van der Waals surface area contributed by atoms with Gasteiger partial charge in [-0.1, -0.05) is 46.1 Å². The fourth-order valence-corrected chi connectivity index (χ4v) is 2.15. The first-order chi connectivity index (χ1) is 7.29. The zero-order chi connectivity index (χ0) is 11.5. The fourth-order valence-electron chi connectivity index (χ4n) is 2.15. The van der Waals surface area contributed by atoms with Gasteiger partial charge in [0.15, 0.2) is 0 Å². The van der Waals surface area contributed by atoms with Gasteiger partial charge in [0.05, 0.1) is 6.67 Å². The van der Waals surface area contributed by atoms with E-state index in [1.807, 2.05) is 0 Å². The maximum absolute atomic E-state index is 12.0. The second-order valence-electron chi connectivity index (χ2n) is 4.13. The van der Waals surface area contributed by atoms with Crippen molar-refractivity contribution in [1.29, 1.82) is 0 Å². The van der Waals surface area contributed by atoms with Crippen LogP contribution in [0.5, 0.6) is 0 Å². The molecular formula is C13H26FN. The number of halogens is 1. The van der Waals surface area contributed by atoms with Crippen molar-refractivity contribution in [2.24, 2.45) is 11.8 Å². The summed E-state index contributed by atoms with van der Waals surface area (Å²) in [6, 6.07) is 0. The van der Waals surface area contributed by atoms with Gasteiger partial charge in [0.25, 0.3) is 0 Å². The molecule has 0 amide bonds. The Morgan fingerprint density at radius 2 is 1.87 bits per heavy atom. The zero-order valence-corrected chi connectivity index (χ0v) is 10.3. The Hall–Kier alpha value is -0.530. The highest BCUT2D eigenvalue weighted by Crippen LogP contribution is 2.24. The fraction of sp³-hybridized carbons (Fsp3) is 0.846. The lowest BCUT2D eigenvalue weighted by Gasteiger charge is -2.25. The van der Waals surface area contributed by atoms with E-state index in [4.69, 9.17) is 0 Å². The Morgan fingerprint density at radius 1 is 1.20 bits per heavy atom. The molecule has 0 spiro atoms. The van der Waals surface area contributed by atoms with E-state index in [2.05, 4.69) is 25.7 Å². The van der Waals surface area contributed by atoms with Gasteiger partial charge in [-0.2, -0.15) is 0 Å². The topological polar surface area (TPSA) is 12.0 Å². The molecule has 90 valence electrons. The number of rotatable bonds is 10. The molecule has 0 aromatic rings. The lowest BCUT2D eigenvalue weighted by Crippen LogP contribution is -2.24. The van der Waals surface area contributed by atoms with Crippen molar-refractivity contribution in [3.63, 3.8) is 0 Å². The molecule has 0 aromatic carbocycles. The average molecular weight is 215 g/mol. The summed E-state index contributed by atoms with van der Waals surface area (Å²) in [5, 5.41) is 3.19. The van der Waals surface area contributed by atoms with Gasteiger partial charge < -0.3 is 5.32 Å². The standard InChI is InChI=1S/C13H26FN/c1-4-12(9-7-8-10-14)13(5-2)11-15-6-3/h6,12-13,15H,3-5,7-11H2,1-2H3. The van der Waals surface area contributed by atoms with Crippen molar-refractivity contribution in [3.05, 3.63) is 12.8 Å². The highest BCUT2D eigenvalue weighted by molar-refractivity contribution is 4.74. The van der Waals surface area contributed by atoms with E-state index in [1.54, 1.807) is 6.20 Å². The van der Waals surface area contributed by atoms with E-state index >= 15 is 0 Å². The number of unbranched alkanes of at least 4 members (excludes halogenated alkanes) is 1. The number of nitrogens with one attached hydrogen (secondary N) is 1. The normalized spacial score (nSPS) is 14.6. The molecule has 0 rings (SSSR count). The van der Waals surface area contributed by atoms with E-state index in [-0.39, 0.29) is 6.67 Å². The smallest absolute Gasteiger partial charge is 0.0894 e. The quantitative estimate of drug-likeness (QED) is 0.545. The van der Waals surface area contributed by atoms with Gasteiger partial charge in [0, 0.05) is 6.54 Å². The molecule has 0 saturated carbocycles. The van der Waals surface area contributed by atoms with Gasteiger partial charge in [-0.3, -0.25) is 4.39 Å². The molecule has 0 bridgehead atoms. The van der Waals surface area contributed by atoms with Crippen LogP contribution in [0.15, 0.2) is 12.8 Å². The van der Waals surface area contributed by atoms with Crippen LogP contribution in [0, 0.1) is 11.8 Å². The largest absolute Gasteiger partial charge is 0.391 e. The van der Waals surface area contributed by atoms with Gasteiger partial charge in [0.1, 0.15) is 0 Å². The highest BCUT2D eigenvalue weighted by Gasteiger charge is 2.17. The Labute approximate surface area is 94.1 Å². The molecule has 0 radical (unpaired) electrons. The van der Waals surface area contributed by atoms with Crippen LogP contribution in [0.1, 0.15) is 46.0 Å². The summed E-state index contributed by atoms with van der Waals surface area (Å²) in [6.45, 7) is 8.97. The summed E-state index contributed by atoms with van der Waals surface area (Å²) >= 11 is 0. The maximum atomic E-state index is 12.0. The lowest BCUT2D eigenvalue weighted by molar-refractivity contribution is 0.279. The summed E-state index contributed by atoms with van der Waals surface area (Å²) in [7, 11) is 0. The molecule has 2 heteroatoms. The number of alkyl halides is 1. The summed E-state index contributed by atoms with van der Waals surface area (Å²) in [5.74, 6) is 1.43. The summed E-state index contributed by atoms with van der Waals surface area (Å²) in [5.41, 5.74) is 0. The average Bonchev–Trinajstić information content (AvgIpc) is 2.27. The molecule has 0 aromatic heterocycles. The predicted octanol–water partition coefficient (Wildman–Crippen LogP) is 3.91. The minimum absolute atomic E-state index is 0.169. The molecule has 2 atom stereocenters. The lowest BCUT2D eigenvalue weighted by atomic mass is 9.84. The minimum Gasteiger partial charge on any atom is -0.391 e. The highest BCUT2D eigenvalue weighted by atomic mass is 19.1. The summed E-state index contributed by atoms with van der Waals surface area (Å²) < 4.78 is 12.0. The van der Waals surface area contributed by atoms with E-state index in [0.717, 1.165) is 31.7 Å². The van der Waals surface area contributed by atoms with Crippen LogP contribution >= 0.6 is 0 Å². The maximum Gasteiger partial charge on any atom is 0.0894 e. The minimum atomic E-state index is -0.169. The first-order valence-electron chi connectivity index (χ1n) is 6.20. The second-order valence-corrected chi connectivity index (χ2v) is 4.13. The van der Waals surface area contributed by atoms with Crippen LogP contribution in [0.3, 0.4) is 0 Å². The predicted molar refractivity (Wildman–Crippen MR) is 65.6 cm³/mol. The van der Waals surface area contributed by atoms with Crippen LogP contribution in [0.25, 0.3) is 0 Å². The van der Waals surface area contributed by atoms with Crippen molar-refractivity contribution in [2.45, 2.75) is 46.0 Å². The first-order valence-corrected chi connectivity index (χ1v) is 6.20. The zero-order valence-electron chi connectivity index (χ0n) is 10.3. The van der Waals surface area contributed by atoms with Gasteiger partial charge in [-0.05, 0) is 24.5 Å². The molecule has 0 aliphatic heterocycles. The molecule has 0 saturated heterocycles. The number of hydrogen-bond acceptors (Lipinski definition) is 1. The van der Waals surface area contributed by atoms with Gasteiger partial charge in [0.2, 0.25) is 0 Å². The molecule has 0 aliphatic rings. The van der Waals surface area contributed by atoms with Gasteiger partial charge in [-0.15, -0.1) is 0 Å². The first kappa shape index (κ1) is 14.5. The second kappa shape index (κ2) is 10.0. The molecule has 2 unspecified atom stereocenters. The van der Waals surface area contributed by atoms with Crippen LogP contribution in [0.4, 0.5) is 4.39 Å². The molecule has 0 heterocycles. The molecule has 0 fully saturated rings. The van der Waals surface area contributed by atoms with Crippen LogP contribution in [-0.2, 0) is 0 Å². The summed E-state index contributed by atoms with van der Waals surface area (Å²) in [4.78, 5) is 0. The van der Waals surface area contributed by atoms with Crippen LogP contribution in [0.2, 0.25) is 0 Å². The molecule has 15 heavy (non-hydrogen) atoms. The van der Waals surface area contributed by atoms with Crippen LogP contribution in [-0.4, -0.2) is 13.2 Å². The molecule has 1 N–H and O–H groups in total. The van der Waals surface area contributed by atoms with Crippen molar-refractivity contribution in [1.82, 2.24) is 5.32 Å². The van der Waals surface area contributed by atoms with E-state index in [0.29, 0.717) is 5.92 Å². The Kier molecular flexibility index (Phi) is 9.65. The van der Waals surface area contributed by atoms with Crippen LogP contribution < -0.4 is 5.32 Å². The molecule has 0 aliphatic carbocycles. The van der Waals surface area contributed by atoms with Crippen molar-refractivity contribution < 1.29 is 4.39 Å². The molecular weight excluding hydrogens is 189 g/mol. The van der Waals surface area contributed by atoms with Crippen molar-refractivity contribution in [3.8, 4) is 0 Å². The summed E-state index contributed by atoms with van der Waals surface area (Å²) in [6.07, 6.45) is 7.06. The van der Waals surface area contributed by atoms with Crippen molar-refractivity contribution >= 4 is 0 Å². The van der Waals surface area contributed by atoms with Gasteiger partial charge >= 0.3 is 0 Å². The van der Waals surface area contributed by atoms with E-state index < -0.39 is 0 Å². The monoisotopic (exact) mass is 215 g/mol. The molecule has 1 nitrogen and oxygen atoms in total. The third-order valence-electron chi connectivity index (χ3n) is 3.20. The third kappa shape index (κ3) is 6.53. The Balaban J connectivity index is 3.90. The van der Waals surface area contributed by atoms with E-state index in [1.165, 1.54) is 12.8 Å². The Morgan fingerprint density at radius 3 is 2.33 bits per heavy atom. The Bertz CT molecular complexity index is 147. The van der Waals surface area contributed by atoms with Gasteiger partial charge in [-0.25, -0.2) is 0 Å². The van der Waals surface area contributed by atoms with E-state index in [9.17, 15) is 4.39 Å². The van der Waals surface area contributed by atoms with Crippen molar-refractivity contribution in [2.75, 3.05) is 13.2 Å². The SMILES string of the molecule is C=CNCC(CC)C(CC)CCCCF.